The van der Waals surface area contributed by atoms with Gasteiger partial charge in [-0.3, -0.25) is 19.9 Å². The van der Waals surface area contributed by atoms with E-state index < -0.39 is 11.9 Å². The van der Waals surface area contributed by atoms with Gasteiger partial charge in [-0.15, -0.1) is 0 Å². The Morgan fingerprint density at radius 2 is 1.60 bits per heavy atom. The summed E-state index contributed by atoms with van der Waals surface area (Å²) in [6, 6.07) is 11.7. The Morgan fingerprint density at radius 3 is 2.29 bits per heavy atom. The van der Waals surface area contributed by atoms with E-state index in [-0.39, 0.29) is 47.8 Å². The number of hydrogen-bond acceptors (Lipinski definition) is 9. The number of aliphatic imine (C=N–C) groups is 1. The number of amides is 2. The molecule has 0 radical (unpaired) electrons. The van der Waals surface area contributed by atoms with Crippen LogP contribution in [0.15, 0.2) is 41.4 Å². The Hall–Kier alpha value is -3.91. The van der Waals surface area contributed by atoms with Crippen molar-refractivity contribution in [3.05, 3.63) is 75.1 Å². The number of nitrogens with two attached hydrogens (primary N) is 4. The lowest BCUT2D eigenvalue weighted by Gasteiger charge is -2.24. The van der Waals surface area contributed by atoms with E-state index >= 15 is 0 Å². The summed E-state index contributed by atoms with van der Waals surface area (Å²) in [5.74, 6) is -1.10. The van der Waals surface area contributed by atoms with E-state index in [1.165, 1.54) is 22.3 Å². The highest BCUT2D eigenvalue weighted by atomic mass is 35.5. The van der Waals surface area contributed by atoms with Crippen LogP contribution in [0.5, 0.6) is 0 Å². The highest BCUT2D eigenvalue weighted by Gasteiger charge is 2.21. The molecule has 0 unspecified atom stereocenters. The van der Waals surface area contributed by atoms with Crippen LogP contribution in [0.4, 0.5) is 17.3 Å². The Bertz CT molecular complexity index is 1580. The maximum absolute atomic E-state index is 13.0. The third-order valence-electron chi connectivity index (χ3n) is 8.30. The molecule has 2 aromatic carbocycles. The molecule has 1 aromatic heterocycles. The number of aryl methyl sites for hydroxylation is 2. The molecule has 0 bridgehead atoms. The number of carbonyl (C=O) groups excluding carboxylic acids is 2. The predicted molar refractivity (Wildman–Crippen MR) is 200 cm³/mol. The standard InChI is InChI=1S/C34H47ClN10O2.H2S/c1-45(2)19-7-8-21-12-16-24(17-13-21)41-32(46)27(36)20-23-15-14-22(25-10-3-4-11-26(23)25)9-5-6-18-40-34(39)44-33(47)28-30(37)43-31(38)29(35)42-28;/h12-17,27H,3-11,18-20,36H2,1-2H3,(H,41,46)(H4,37,38,43)(H3,39,40,44,47);1H2/t27-;/m0./s1. The summed E-state index contributed by atoms with van der Waals surface area (Å²) < 4.78 is 0. The van der Waals surface area contributed by atoms with Gasteiger partial charge in [0.05, 0.1) is 6.04 Å². The highest BCUT2D eigenvalue weighted by molar-refractivity contribution is 7.59. The van der Waals surface area contributed by atoms with Crippen molar-refractivity contribution in [3.8, 4) is 0 Å². The van der Waals surface area contributed by atoms with Gasteiger partial charge in [0.1, 0.15) is 0 Å². The van der Waals surface area contributed by atoms with Gasteiger partial charge in [0.15, 0.2) is 28.4 Å². The lowest BCUT2D eigenvalue weighted by Crippen LogP contribution is -2.38. The molecule has 14 heteroatoms. The van der Waals surface area contributed by atoms with Crippen LogP contribution in [-0.2, 0) is 36.9 Å². The third kappa shape index (κ3) is 11.1. The number of fused-ring (bicyclic) bond motifs is 1. The lowest BCUT2D eigenvalue weighted by molar-refractivity contribution is -0.117. The van der Waals surface area contributed by atoms with E-state index in [0.717, 1.165) is 75.6 Å². The summed E-state index contributed by atoms with van der Waals surface area (Å²) in [5, 5.41) is 5.33. The van der Waals surface area contributed by atoms with E-state index in [2.05, 4.69) is 68.9 Å². The quantitative estimate of drug-likeness (QED) is 0.0830. The average Bonchev–Trinajstić information content (AvgIpc) is 3.04. The predicted octanol–water partition coefficient (Wildman–Crippen LogP) is 3.36. The first kappa shape index (κ1) is 38.5. The SMILES string of the molecule is CN(C)CCCc1ccc(NC(=O)[C@@H](N)Cc2ccc(CCCCN=C(N)NC(=O)c3nc(Cl)c(N)nc3N)c3c2CCCC3)cc1.S. The minimum atomic E-state index is -0.664. The summed E-state index contributed by atoms with van der Waals surface area (Å²) >= 11 is 5.85. The fourth-order valence-electron chi connectivity index (χ4n) is 5.81. The number of nitrogens with zero attached hydrogens (tertiary/aromatic N) is 4. The zero-order chi connectivity index (χ0) is 33.9. The summed E-state index contributed by atoms with van der Waals surface area (Å²) in [5.41, 5.74) is 30.7. The van der Waals surface area contributed by atoms with E-state index in [4.69, 9.17) is 34.5 Å². The van der Waals surface area contributed by atoms with Gasteiger partial charge >= 0.3 is 0 Å². The number of nitrogen functional groups attached to an aromatic ring is 2. The summed E-state index contributed by atoms with van der Waals surface area (Å²) in [6.45, 7) is 1.49. The van der Waals surface area contributed by atoms with E-state index in [1.54, 1.807) is 0 Å². The molecule has 4 rings (SSSR count). The number of benzene rings is 2. The third-order valence-corrected chi connectivity index (χ3v) is 8.57. The molecule has 1 atom stereocenters. The first-order chi connectivity index (χ1) is 22.5. The summed E-state index contributed by atoms with van der Waals surface area (Å²) in [7, 11) is 4.15. The molecule has 0 fully saturated rings. The fourth-order valence-corrected chi connectivity index (χ4v) is 5.94. The topological polar surface area (TPSA) is 204 Å². The van der Waals surface area contributed by atoms with Crippen molar-refractivity contribution in [2.45, 2.75) is 70.3 Å². The fraction of sp³-hybridized carbons (Fsp3) is 0.441. The van der Waals surface area contributed by atoms with E-state index in [1.807, 2.05) is 12.1 Å². The van der Waals surface area contributed by atoms with E-state index in [9.17, 15) is 9.59 Å². The molecule has 260 valence electrons. The number of hydrogen-bond donors (Lipinski definition) is 6. The molecule has 48 heavy (non-hydrogen) atoms. The van der Waals surface area contributed by atoms with Crippen LogP contribution < -0.4 is 33.6 Å². The van der Waals surface area contributed by atoms with E-state index in [0.29, 0.717) is 13.0 Å². The van der Waals surface area contributed by atoms with Gasteiger partial charge in [-0.05, 0) is 125 Å². The number of unbranched alkanes of at least 4 members (excludes halogenated alkanes) is 1. The van der Waals surface area contributed by atoms with Gasteiger partial charge in [-0.2, -0.15) is 13.5 Å². The van der Waals surface area contributed by atoms with Crippen molar-refractivity contribution in [2.24, 2.45) is 16.5 Å². The Kier molecular flexibility index (Phi) is 14.9. The van der Waals surface area contributed by atoms with Crippen molar-refractivity contribution in [1.29, 1.82) is 0 Å². The molecule has 0 saturated heterocycles. The first-order valence-electron chi connectivity index (χ1n) is 16.1. The van der Waals surface area contributed by atoms with Crippen LogP contribution in [-0.4, -0.2) is 65.9 Å². The van der Waals surface area contributed by atoms with Gasteiger partial charge in [0.2, 0.25) is 5.91 Å². The molecule has 10 N–H and O–H groups in total. The molecule has 3 aromatic rings. The van der Waals surface area contributed by atoms with Gasteiger partial charge in [0, 0.05) is 12.2 Å². The maximum atomic E-state index is 13.0. The van der Waals surface area contributed by atoms with Crippen molar-refractivity contribution in [2.75, 3.05) is 44.0 Å². The second-order valence-electron chi connectivity index (χ2n) is 12.3. The minimum Gasteiger partial charge on any atom is -0.382 e. The molecule has 0 saturated carbocycles. The summed E-state index contributed by atoms with van der Waals surface area (Å²) in [4.78, 5) is 39.5. The van der Waals surface area contributed by atoms with Crippen molar-refractivity contribution in [3.63, 3.8) is 0 Å². The van der Waals surface area contributed by atoms with Gasteiger partial charge in [0.25, 0.3) is 5.91 Å². The summed E-state index contributed by atoms with van der Waals surface area (Å²) in [6.07, 6.45) is 9.48. The monoisotopic (exact) mass is 696 g/mol. The number of guanidine groups is 1. The Balaban J connectivity index is 0.00000625. The van der Waals surface area contributed by atoms with Gasteiger partial charge < -0.3 is 33.2 Å². The smallest absolute Gasteiger partial charge is 0.280 e. The van der Waals surface area contributed by atoms with Gasteiger partial charge in [-0.25, -0.2) is 9.97 Å². The molecular weight excluding hydrogens is 648 g/mol. The molecule has 1 heterocycles. The van der Waals surface area contributed by atoms with Gasteiger partial charge in [-0.1, -0.05) is 35.9 Å². The number of halogens is 1. The Labute approximate surface area is 294 Å². The van der Waals surface area contributed by atoms with Crippen molar-refractivity contribution < 1.29 is 9.59 Å². The number of carbonyl (C=O) groups is 2. The highest BCUT2D eigenvalue weighted by Crippen LogP contribution is 2.29. The second-order valence-corrected chi connectivity index (χ2v) is 12.6. The van der Waals surface area contributed by atoms with Crippen LogP contribution in [0.3, 0.4) is 0 Å². The number of nitrogens with one attached hydrogen (secondary N) is 2. The number of aromatic nitrogens is 2. The lowest BCUT2D eigenvalue weighted by atomic mass is 9.82. The first-order valence-corrected chi connectivity index (χ1v) is 16.5. The normalized spacial score (nSPS) is 13.4. The van der Waals surface area contributed by atoms with Crippen LogP contribution in [0.25, 0.3) is 0 Å². The van der Waals surface area contributed by atoms with Crippen molar-refractivity contribution >= 4 is 60.2 Å². The zero-order valence-corrected chi connectivity index (χ0v) is 29.6. The second kappa shape index (κ2) is 18.6. The van der Waals surface area contributed by atoms with Crippen molar-refractivity contribution in [1.82, 2.24) is 20.2 Å². The Morgan fingerprint density at radius 1 is 0.938 bits per heavy atom. The number of anilines is 3. The van der Waals surface area contributed by atoms with Crippen LogP contribution in [0.2, 0.25) is 5.15 Å². The molecular formula is C34H49ClN10O2S. The molecule has 0 aliphatic heterocycles. The number of rotatable bonds is 14. The minimum absolute atomic E-state index is 0. The molecule has 12 nitrogen and oxygen atoms in total. The zero-order valence-electron chi connectivity index (χ0n) is 27.8. The largest absolute Gasteiger partial charge is 0.382 e. The van der Waals surface area contributed by atoms with Crippen LogP contribution in [0.1, 0.15) is 70.4 Å². The molecule has 1 aliphatic carbocycles. The molecule has 1 aliphatic rings. The molecule has 2 amide bonds. The molecule has 0 spiro atoms. The average molecular weight is 697 g/mol. The maximum Gasteiger partial charge on any atom is 0.280 e. The van der Waals surface area contributed by atoms with Crippen LogP contribution >= 0.6 is 25.1 Å². The van der Waals surface area contributed by atoms with Crippen LogP contribution in [0, 0.1) is 0 Å².